The van der Waals surface area contributed by atoms with E-state index in [9.17, 15) is 13.2 Å². The number of hydrogen-bond donors (Lipinski definition) is 3. The van der Waals surface area contributed by atoms with Crippen molar-refractivity contribution in [2.45, 2.75) is 64.5 Å². The first-order valence-electron chi connectivity index (χ1n) is 9.59. The molecule has 1 heterocycles. The highest BCUT2D eigenvalue weighted by Gasteiger charge is 2.43. The van der Waals surface area contributed by atoms with Gasteiger partial charge in [0.15, 0.2) is 5.96 Å². The number of aliphatic imine (C=N–C) groups is 1. The highest BCUT2D eigenvalue weighted by Crippen LogP contribution is 2.40. The molecule has 0 spiro atoms. The maximum atomic E-state index is 12.3. The molecule has 0 aromatic heterocycles. The molecule has 3 rings (SSSR count). The summed E-state index contributed by atoms with van der Waals surface area (Å²) < 4.78 is 40.9. The number of ether oxygens (including phenoxy) is 1. The van der Waals surface area contributed by atoms with Gasteiger partial charge in [0.25, 0.3) is 0 Å². The van der Waals surface area contributed by atoms with Gasteiger partial charge in [-0.1, -0.05) is 31.4 Å². The summed E-state index contributed by atoms with van der Waals surface area (Å²) in [6.45, 7) is 4.50. The number of halogens is 3. The van der Waals surface area contributed by atoms with Crippen molar-refractivity contribution in [2.24, 2.45) is 16.6 Å². The zero-order valence-electron chi connectivity index (χ0n) is 16.2. The van der Waals surface area contributed by atoms with Crippen molar-refractivity contribution in [1.29, 1.82) is 0 Å². The van der Waals surface area contributed by atoms with Crippen molar-refractivity contribution in [3.05, 3.63) is 41.1 Å². The van der Waals surface area contributed by atoms with Gasteiger partial charge in [0.1, 0.15) is 11.4 Å². The van der Waals surface area contributed by atoms with Crippen LogP contribution in [-0.2, 0) is 6.54 Å². The molecule has 2 aliphatic rings. The van der Waals surface area contributed by atoms with Crippen LogP contribution in [0.2, 0.25) is 0 Å². The van der Waals surface area contributed by atoms with E-state index in [0.717, 1.165) is 42.5 Å². The van der Waals surface area contributed by atoms with Crippen molar-refractivity contribution in [1.82, 2.24) is 10.6 Å². The van der Waals surface area contributed by atoms with Crippen LogP contribution in [0, 0.1) is 5.92 Å². The van der Waals surface area contributed by atoms with Crippen molar-refractivity contribution in [3.63, 3.8) is 0 Å². The molecular formula is C20H27F3N4O. The first-order valence-corrected chi connectivity index (χ1v) is 9.59. The van der Waals surface area contributed by atoms with Gasteiger partial charge in [-0.2, -0.15) is 0 Å². The summed E-state index contributed by atoms with van der Waals surface area (Å²) in [6, 6.07) is 5.91. The Bertz CT molecular complexity index is 752. The van der Waals surface area contributed by atoms with Crippen molar-refractivity contribution in [3.8, 4) is 5.75 Å². The maximum Gasteiger partial charge on any atom is 0.573 e. The SMILES string of the molecule is CC1=C(C)C(NCc2ccc(OC(F)(F)F)cc2)(C2CCCCC2)N=C(N)N1. The van der Waals surface area contributed by atoms with Crippen molar-refractivity contribution < 1.29 is 17.9 Å². The smallest absolute Gasteiger partial charge is 0.406 e. The lowest BCUT2D eigenvalue weighted by atomic mass is 9.75. The number of rotatable bonds is 5. The van der Waals surface area contributed by atoms with Crippen LogP contribution in [0.25, 0.3) is 0 Å². The van der Waals surface area contributed by atoms with Gasteiger partial charge in [-0.3, -0.25) is 5.32 Å². The molecule has 0 amide bonds. The molecule has 1 aromatic rings. The third-order valence-corrected chi connectivity index (χ3v) is 5.66. The average molecular weight is 396 g/mol. The predicted molar refractivity (Wildman–Crippen MR) is 102 cm³/mol. The number of nitrogens with one attached hydrogen (secondary N) is 2. The lowest BCUT2D eigenvalue weighted by molar-refractivity contribution is -0.274. The minimum atomic E-state index is -4.69. The number of benzene rings is 1. The van der Waals surface area contributed by atoms with E-state index in [-0.39, 0.29) is 5.75 Å². The zero-order chi connectivity index (χ0) is 20.4. The molecule has 1 atom stereocenters. The summed E-state index contributed by atoms with van der Waals surface area (Å²) in [5, 5.41) is 6.67. The molecule has 1 unspecified atom stereocenters. The number of guanidine groups is 1. The number of hydrogen-bond acceptors (Lipinski definition) is 5. The maximum absolute atomic E-state index is 12.3. The second-order valence-electron chi connectivity index (χ2n) is 7.52. The van der Waals surface area contributed by atoms with Gasteiger partial charge in [0, 0.05) is 18.2 Å². The largest absolute Gasteiger partial charge is 0.573 e. The number of alkyl halides is 3. The van der Waals surface area contributed by atoms with Crippen molar-refractivity contribution in [2.75, 3.05) is 0 Å². The Morgan fingerprint density at radius 2 is 1.82 bits per heavy atom. The first-order chi connectivity index (χ1) is 13.2. The molecule has 1 fully saturated rings. The highest BCUT2D eigenvalue weighted by atomic mass is 19.4. The van der Waals surface area contributed by atoms with Crippen LogP contribution in [0.5, 0.6) is 5.75 Å². The fourth-order valence-corrected chi connectivity index (χ4v) is 4.15. The van der Waals surface area contributed by atoms with Gasteiger partial charge in [-0.05, 0) is 50.0 Å². The molecule has 1 aromatic carbocycles. The second kappa shape index (κ2) is 8.03. The van der Waals surface area contributed by atoms with E-state index in [4.69, 9.17) is 10.7 Å². The molecule has 0 radical (unpaired) electrons. The lowest BCUT2D eigenvalue weighted by Crippen LogP contribution is -2.56. The minimum absolute atomic E-state index is 0.228. The molecule has 154 valence electrons. The monoisotopic (exact) mass is 396 g/mol. The minimum Gasteiger partial charge on any atom is -0.406 e. The lowest BCUT2D eigenvalue weighted by Gasteiger charge is -2.44. The Labute approximate surface area is 163 Å². The van der Waals surface area contributed by atoms with Crippen LogP contribution < -0.4 is 21.1 Å². The molecule has 5 nitrogen and oxygen atoms in total. The van der Waals surface area contributed by atoms with Gasteiger partial charge in [-0.15, -0.1) is 13.2 Å². The van der Waals surface area contributed by atoms with E-state index >= 15 is 0 Å². The van der Waals surface area contributed by atoms with Gasteiger partial charge < -0.3 is 15.8 Å². The number of allylic oxidation sites excluding steroid dienone is 1. The van der Waals surface area contributed by atoms with Crippen LogP contribution in [0.4, 0.5) is 13.2 Å². The molecule has 1 saturated carbocycles. The van der Waals surface area contributed by atoms with Crippen LogP contribution in [0.1, 0.15) is 51.5 Å². The van der Waals surface area contributed by atoms with E-state index in [1.807, 2.05) is 6.92 Å². The molecule has 8 heteroatoms. The van der Waals surface area contributed by atoms with Gasteiger partial charge in [-0.25, -0.2) is 4.99 Å². The van der Waals surface area contributed by atoms with Crippen LogP contribution >= 0.6 is 0 Å². The Morgan fingerprint density at radius 1 is 1.18 bits per heavy atom. The fraction of sp³-hybridized carbons (Fsp3) is 0.550. The third-order valence-electron chi connectivity index (χ3n) is 5.66. The molecule has 1 aliphatic carbocycles. The van der Waals surface area contributed by atoms with Crippen LogP contribution in [-0.4, -0.2) is 18.0 Å². The number of nitrogens with zero attached hydrogens (tertiary/aromatic N) is 1. The van der Waals surface area contributed by atoms with Gasteiger partial charge in [0.05, 0.1) is 0 Å². The van der Waals surface area contributed by atoms with E-state index in [0.29, 0.717) is 18.4 Å². The van der Waals surface area contributed by atoms with Crippen LogP contribution in [0.15, 0.2) is 40.5 Å². The average Bonchev–Trinajstić information content (AvgIpc) is 2.64. The Hall–Kier alpha value is -2.22. The normalized spacial score (nSPS) is 24.0. The summed E-state index contributed by atoms with van der Waals surface area (Å²) in [4.78, 5) is 4.79. The van der Waals surface area contributed by atoms with Gasteiger partial charge >= 0.3 is 6.36 Å². The van der Waals surface area contributed by atoms with E-state index in [1.165, 1.54) is 18.6 Å². The van der Waals surface area contributed by atoms with Gasteiger partial charge in [0.2, 0.25) is 0 Å². The number of nitrogens with two attached hydrogens (primary N) is 1. The summed E-state index contributed by atoms with van der Waals surface area (Å²) >= 11 is 0. The van der Waals surface area contributed by atoms with E-state index < -0.39 is 12.0 Å². The molecule has 0 saturated heterocycles. The van der Waals surface area contributed by atoms with Crippen LogP contribution in [0.3, 0.4) is 0 Å². The Balaban J connectivity index is 1.80. The molecule has 0 bridgehead atoms. The molecule has 1 aliphatic heterocycles. The fourth-order valence-electron chi connectivity index (χ4n) is 4.15. The first kappa shape index (κ1) is 20.5. The second-order valence-corrected chi connectivity index (χ2v) is 7.52. The zero-order valence-corrected chi connectivity index (χ0v) is 16.2. The predicted octanol–water partition coefficient (Wildman–Crippen LogP) is 4.16. The Kier molecular flexibility index (Phi) is 5.88. The summed E-state index contributed by atoms with van der Waals surface area (Å²) in [6.07, 6.45) is 0.983. The highest BCUT2D eigenvalue weighted by molar-refractivity contribution is 5.82. The summed E-state index contributed by atoms with van der Waals surface area (Å²) in [7, 11) is 0. The van der Waals surface area contributed by atoms with Crippen molar-refractivity contribution >= 4 is 5.96 Å². The topological polar surface area (TPSA) is 71.7 Å². The quantitative estimate of drug-likeness (QED) is 0.699. The third kappa shape index (κ3) is 4.60. The Morgan fingerprint density at radius 3 is 2.43 bits per heavy atom. The molecular weight excluding hydrogens is 369 g/mol. The van der Waals surface area contributed by atoms with E-state index in [2.05, 4.69) is 22.3 Å². The van der Waals surface area contributed by atoms with E-state index in [1.54, 1.807) is 12.1 Å². The standard InChI is InChI=1S/C20H27F3N4O/c1-13-14(2)26-18(24)27-19(13,16-6-4-3-5-7-16)25-12-15-8-10-17(11-9-15)28-20(21,22)23/h8-11,16,25H,3-7,12H2,1-2H3,(H3,24,26,27). The summed E-state index contributed by atoms with van der Waals surface area (Å²) in [5.41, 5.74) is 8.40. The molecule has 4 N–H and O–H groups in total. The molecule has 28 heavy (non-hydrogen) atoms. The summed E-state index contributed by atoms with van der Waals surface area (Å²) in [5.74, 6) is 0.481.